The molecule has 9 heteroatoms. The molecule has 4 rings (SSSR count). The van der Waals surface area contributed by atoms with Crippen LogP contribution in [0.5, 0.6) is 0 Å². The van der Waals surface area contributed by atoms with Gasteiger partial charge >= 0.3 is 0 Å². The quantitative estimate of drug-likeness (QED) is 0.769. The second-order valence-corrected chi connectivity index (χ2v) is 5.80. The van der Waals surface area contributed by atoms with Crippen LogP contribution in [0, 0.1) is 11.7 Å². The van der Waals surface area contributed by atoms with Crippen molar-refractivity contribution < 1.29 is 9.13 Å². The molecule has 0 spiro atoms. The van der Waals surface area contributed by atoms with Crippen molar-refractivity contribution in [2.45, 2.75) is 13.2 Å². The smallest absolute Gasteiger partial charge is 0.222 e. The highest BCUT2D eigenvalue weighted by Crippen LogP contribution is 2.23. The summed E-state index contributed by atoms with van der Waals surface area (Å²) in [5.41, 5.74) is 2.65. The van der Waals surface area contributed by atoms with Gasteiger partial charge in [0.25, 0.3) is 0 Å². The molecule has 128 valence electrons. The third-order valence-corrected chi connectivity index (χ3v) is 3.97. The van der Waals surface area contributed by atoms with E-state index < -0.39 is 5.82 Å². The minimum absolute atomic E-state index is 0.165. The lowest BCUT2D eigenvalue weighted by Crippen LogP contribution is -2.23. The highest BCUT2D eigenvalue weighted by Gasteiger charge is 2.22. The van der Waals surface area contributed by atoms with Crippen molar-refractivity contribution in [1.29, 1.82) is 0 Å². The van der Waals surface area contributed by atoms with Gasteiger partial charge in [-0.1, -0.05) is 5.21 Å². The molecule has 25 heavy (non-hydrogen) atoms. The lowest BCUT2D eigenvalue weighted by Gasteiger charge is -2.14. The van der Waals surface area contributed by atoms with Crippen molar-refractivity contribution >= 4 is 5.95 Å². The van der Waals surface area contributed by atoms with E-state index in [4.69, 9.17) is 4.74 Å². The molecule has 0 saturated carbocycles. The van der Waals surface area contributed by atoms with Gasteiger partial charge in [-0.2, -0.15) is 0 Å². The Bertz CT molecular complexity index is 837. The zero-order valence-corrected chi connectivity index (χ0v) is 13.3. The third kappa shape index (κ3) is 3.45. The monoisotopic (exact) mass is 341 g/mol. The van der Waals surface area contributed by atoms with E-state index in [2.05, 4.69) is 30.6 Å². The zero-order chi connectivity index (χ0) is 17.1. The highest BCUT2D eigenvalue weighted by molar-refractivity contribution is 5.59. The predicted molar refractivity (Wildman–Crippen MR) is 86.9 cm³/mol. The van der Waals surface area contributed by atoms with Crippen LogP contribution >= 0.6 is 0 Å². The molecular formula is C16H16FN7O. The molecule has 0 fully saturated rings. The number of halogens is 1. The van der Waals surface area contributed by atoms with Crippen molar-refractivity contribution in [3.05, 3.63) is 48.4 Å². The van der Waals surface area contributed by atoms with Gasteiger partial charge in [0.1, 0.15) is 5.69 Å². The van der Waals surface area contributed by atoms with Crippen LogP contribution in [-0.4, -0.2) is 43.1 Å². The van der Waals surface area contributed by atoms with Crippen LogP contribution < -0.4 is 5.32 Å². The van der Waals surface area contributed by atoms with E-state index in [1.807, 2.05) is 16.8 Å². The fourth-order valence-corrected chi connectivity index (χ4v) is 2.73. The van der Waals surface area contributed by atoms with Crippen molar-refractivity contribution in [2.75, 3.05) is 18.5 Å². The van der Waals surface area contributed by atoms with Gasteiger partial charge < -0.3 is 10.1 Å². The Morgan fingerprint density at radius 2 is 2.16 bits per heavy atom. The number of hydrogen-bond donors (Lipinski definition) is 1. The number of fused-ring (bicyclic) bond motifs is 1. The van der Waals surface area contributed by atoms with Crippen molar-refractivity contribution in [2.24, 2.45) is 5.92 Å². The maximum Gasteiger partial charge on any atom is 0.222 e. The van der Waals surface area contributed by atoms with Crippen LogP contribution in [-0.2, 0) is 17.9 Å². The van der Waals surface area contributed by atoms with Crippen LogP contribution in [0.3, 0.4) is 0 Å². The molecular weight excluding hydrogens is 325 g/mol. The number of nitrogens with zero attached hydrogens (tertiary/aromatic N) is 6. The van der Waals surface area contributed by atoms with Gasteiger partial charge in [0.05, 0.1) is 31.3 Å². The summed E-state index contributed by atoms with van der Waals surface area (Å²) in [6.07, 6.45) is 5.76. The molecule has 4 heterocycles. The minimum Gasteiger partial charge on any atom is -0.375 e. The van der Waals surface area contributed by atoms with E-state index >= 15 is 0 Å². The van der Waals surface area contributed by atoms with E-state index in [1.54, 1.807) is 12.4 Å². The Kier molecular flexibility index (Phi) is 4.30. The van der Waals surface area contributed by atoms with Crippen LogP contribution in [0.15, 0.2) is 36.9 Å². The fraction of sp³-hybridized carbons (Fsp3) is 0.312. The van der Waals surface area contributed by atoms with E-state index in [0.29, 0.717) is 32.3 Å². The Labute approximate surface area is 143 Å². The maximum atomic E-state index is 12.8. The van der Waals surface area contributed by atoms with E-state index in [9.17, 15) is 4.39 Å². The molecule has 3 aromatic rings. The summed E-state index contributed by atoms with van der Waals surface area (Å²) in [5, 5.41) is 11.6. The molecule has 1 aliphatic heterocycles. The highest BCUT2D eigenvalue weighted by atomic mass is 19.1. The first-order chi connectivity index (χ1) is 12.3. The Morgan fingerprint density at radius 3 is 2.96 bits per heavy atom. The Hall–Kier alpha value is -2.94. The van der Waals surface area contributed by atoms with E-state index in [0.717, 1.165) is 29.3 Å². The molecule has 3 aromatic heterocycles. The molecule has 0 amide bonds. The standard InChI is InChI=1S/C16H16FN7O/c17-13-6-20-16(21-7-13)19-4-11-8-24-14(10-25-9-11)15(22-23-24)12-2-1-3-18-5-12/h1-3,5-7,11H,4,8-10H2,(H,19,20,21). The average Bonchev–Trinajstić information content (AvgIpc) is 2.93. The van der Waals surface area contributed by atoms with Crippen LogP contribution in [0.4, 0.5) is 10.3 Å². The maximum absolute atomic E-state index is 12.8. The fourth-order valence-electron chi connectivity index (χ4n) is 2.73. The number of hydrogen-bond acceptors (Lipinski definition) is 7. The summed E-state index contributed by atoms with van der Waals surface area (Å²) in [6.45, 7) is 2.27. The number of anilines is 1. The molecule has 0 aromatic carbocycles. The van der Waals surface area contributed by atoms with E-state index in [-0.39, 0.29) is 5.92 Å². The van der Waals surface area contributed by atoms with E-state index in [1.165, 1.54) is 0 Å². The van der Waals surface area contributed by atoms with Gasteiger partial charge in [0.15, 0.2) is 5.82 Å². The second-order valence-electron chi connectivity index (χ2n) is 5.80. The largest absolute Gasteiger partial charge is 0.375 e. The van der Waals surface area contributed by atoms with Crippen LogP contribution in [0.1, 0.15) is 5.69 Å². The minimum atomic E-state index is -0.460. The normalized spacial score (nSPS) is 16.9. The number of ether oxygens (including phenoxy) is 1. The van der Waals surface area contributed by atoms with Crippen molar-refractivity contribution in [3.8, 4) is 11.3 Å². The zero-order valence-electron chi connectivity index (χ0n) is 13.3. The van der Waals surface area contributed by atoms with Crippen LogP contribution in [0.2, 0.25) is 0 Å². The lowest BCUT2D eigenvalue weighted by molar-refractivity contribution is 0.0982. The third-order valence-electron chi connectivity index (χ3n) is 3.97. The first kappa shape index (κ1) is 15.6. The van der Waals surface area contributed by atoms with Crippen molar-refractivity contribution in [3.63, 3.8) is 0 Å². The summed E-state index contributed by atoms with van der Waals surface area (Å²) >= 11 is 0. The summed E-state index contributed by atoms with van der Waals surface area (Å²) in [4.78, 5) is 11.9. The summed E-state index contributed by atoms with van der Waals surface area (Å²) in [5.74, 6) is 0.0948. The molecule has 0 radical (unpaired) electrons. The number of rotatable bonds is 4. The summed E-state index contributed by atoms with van der Waals surface area (Å²) < 4.78 is 20.5. The number of aromatic nitrogens is 6. The predicted octanol–water partition coefficient (Wildman–Crippen LogP) is 1.53. The Balaban J connectivity index is 1.47. The van der Waals surface area contributed by atoms with Gasteiger partial charge in [0, 0.05) is 37.0 Å². The summed E-state index contributed by atoms with van der Waals surface area (Å²) in [7, 11) is 0. The second kappa shape index (κ2) is 6.89. The van der Waals surface area contributed by atoms with Gasteiger partial charge in [-0.3, -0.25) is 4.98 Å². The molecule has 0 saturated heterocycles. The molecule has 1 N–H and O–H groups in total. The average molecular weight is 341 g/mol. The molecule has 1 aliphatic rings. The van der Waals surface area contributed by atoms with Crippen LogP contribution in [0.25, 0.3) is 11.3 Å². The van der Waals surface area contributed by atoms with Gasteiger partial charge in [-0.25, -0.2) is 19.0 Å². The first-order valence-corrected chi connectivity index (χ1v) is 7.91. The Morgan fingerprint density at radius 1 is 1.28 bits per heavy atom. The first-order valence-electron chi connectivity index (χ1n) is 7.91. The molecule has 8 nitrogen and oxygen atoms in total. The SMILES string of the molecule is Fc1cnc(NCC2COCc3c(-c4cccnc4)nnn3C2)nc1. The molecule has 1 unspecified atom stereocenters. The topological polar surface area (TPSA) is 90.6 Å². The molecule has 0 aliphatic carbocycles. The van der Waals surface area contributed by atoms with Gasteiger partial charge in [-0.05, 0) is 12.1 Å². The van der Waals surface area contributed by atoms with Crippen molar-refractivity contribution in [1.82, 2.24) is 29.9 Å². The lowest BCUT2D eigenvalue weighted by atomic mass is 10.1. The molecule has 0 bridgehead atoms. The number of nitrogens with one attached hydrogen (secondary N) is 1. The van der Waals surface area contributed by atoms with Gasteiger partial charge in [-0.15, -0.1) is 5.10 Å². The van der Waals surface area contributed by atoms with Gasteiger partial charge in [0.2, 0.25) is 5.95 Å². The summed E-state index contributed by atoms with van der Waals surface area (Å²) in [6, 6.07) is 3.82. The number of pyridine rings is 1. The molecule has 1 atom stereocenters.